The lowest BCUT2D eigenvalue weighted by molar-refractivity contribution is -0.0498. The van der Waals surface area contributed by atoms with Crippen LogP contribution in [-0.4, -0.2) is 13.2 Å². The number of allylic oxidation sites excluding steroid dienone is 1. The molecule has 0 amide bonds. The van der Waals surface area contributed by atoms with Crippen molar-refractivity contribution in [3.05, 3.63) is 41.5 Å². The number of ether oxygens (including phenoxy) is 1. The maximum absolute atomic E-state index is 12.2. The van der Waals surface area contributed by atoms with Gasteiger partial charge < -0.3 is 10.1 Å². The third kappa shape index (κ3) is 5.83. The fourth-order valence-corrected chi connectivity index (χ4v) is 1.79. The summed E-state index contributed by atoms with van der Waals surface area (Å²) in [6.45, 7) is 4.19. The molecule has 0 fully saturated rings. The second-order valence-corrected chi connectivity index (χ2v) is 4.63. The molecular formula is C15H21F2NO. The molecule has 19 heavy (non-hydrogen) atoms. The van der Waals surface area contributed by atoms with Gasteiger partial charge in [-0.15, -0.1) is 0 Å². The highest BCUT2D eigenvalue weighted by atomic mass is 19.3. The maximum Gasteiger partial charge on any atom is 0.387 e. The number of benzene rings is 1. The molecule has 0 aliphatic carbocycles. The van der Waals surface area contributed by atoms with Crippen molar-refractivity contribution in [3.63, 3.8) is 0 Å². The second-order valence-electron chi connectivity index (χ2n) is 4.63. The van der Waals surface area contributed by atoms with E-state index in [2.05, 4.69) is 23.1 Å². The summed E-state index contributed by atoms with van der Waals surface area (Å²) in [5.74, 6) is 0.193. The number of hydrogen-bond donors (Lipinski definition) is 1. The van der Waals surface area contributed by atoms with Crippen molar-refractivity contribution in [2.45, 2.75) is 39.8 Å². The fraction of sp³-hybridized carbons (Fsp3) is 0.467. The SMILES string of the molecule is CCCNC(C=C(C)C)c1cccc(OC(F)F)c1. The first-order chi connectivity index (χ1) is 9.02. The number of alkyl halides is 2. The highest BCUT2D eigenvalue weighted by molar-refractivity contribution is 5.33. The Morgan fingerprint density at radius 3 is 2.68 bits per heavy atom. The average molecular weight is 269 g/mol. The first-order valence-corrected chi connectivity index (χ1v) is 6.46. The van der Waals surface area contributed by atoms with Crippen LogP contribution in [0.15, 0.2) is 35.9 Å². The molecule has 106 valence electrons. The van der Waals surface area contributed by atoms with Crippen molar-refractivity contribution in [2.75, 3.05) is 6.54 Å². The van der Waals surface area contributed by atoms with Crippen molar-refractivity contribution in [1.82, 2.24) is 5.32 Å². The molecule has 1 aromatic carbocycles. The van der Waals surface area contributed by atoms with Gasteiger partial charge in [0, 0.05) is 0 Å². The van der Waals surface area contributed by atoms with Crippen LogP contribution in [0, 0.1) is 0 Å². The Morgan fingerprint density at radius 1 is 1.37 bits per heavy atom. The van der Waals surface area contributed by atoms with E-state index in [9.17, 15) is 8.78 Å². The van der Waals surface area contributed by atoms with Gasteiger partial charge in [0.2, 0.25) is 0 Å². The lowest BCUT2D eigenvalue weighted by atomic mass is 10.0. The smallest absolute Gasteiger partial charge is 0.387 e. The molecule has 0 aliphatic rings. The lowest BCUT2D eigenvalue weighted by Gasteiger charge is -2.17. The second kappa shape index (κ2) is 7.89. The van der Waals surface area contributed by atoms with E-state index in [-0.39, 0.29) is 11.8 Å². The zero-order valence-electron chi connectivity index (χ0n) is 11.6. The molecule has 0 aromatic heterocycles. The molecule has 1 N–H and O–H groups in total. The van der Waals surface area contributed by atoms with Crippen LogP contribution in [0.2, 0.25) is 0 Å². The minimum absolute atomic E-state index is 0.0196. The van der Waals surface area contributed by atoms with E-state index in [1.165, 1.54) is 11.6 Å². The summed E-state index contributed by atoms with van der Waals surface area (Å²) in [6, 6.07) is 6.84. The van der Waals surface area contributed by atoms with Gasteiger partial charge in [-0.25, -0.2) is 0 Å². The van der Waals surface area contributed by atoms with Gasteiger partial charge in [0.05, 0.1) is 6.04 Å². The summed E-state index contributed by atoms with van der Waals surface area (Å²) < 4.78 is 28.9. The zero-order valence-corrected chi connectivity index (χ0v) is 11.6. The lowest BCUT2D eigenvalue weighted by Crippen LogP contribution is -2.20. The number of nitrogens with one attached hydrogen (secondary N) is 1. The molecule has 4 heteroatoms. The Morgan fingerprint density at radius 2 is 2.11 bits per heavy atom. The molecule has 0 saturated carbocycles. The van der Waals surface area contributed by atoms with Crippen LogP contribution < -0.4 is 10.1 Å². The highest BCUT2D eigenvalue weighted by Gasteiger charge is 2.10. The highest BCUT2D eigenvalue weighted by Crippen LogP contribution is 2.22. The van der Waals surface area contributed by atoms with Crippen molar-refractivity contribution in [1.29, 1.82) is 0 Å². The van der Waals surface area contributed by atoms with E-state index in [4.69, 9.17) is 0 Å². The van der Waals surface area contributed by atoms with E-state index in [0.29, 0.717) is 0 Å². The zero-order chi connectivity index (χ0) is 14.3. The molecule has 1 atom stereocenters. The van der Waals surface area contributed by atoms with E-state index in [1.54, 1.807) is 12.1 Å². The predicted octanol–water partition coefficient (Wildman–Crippen LogP) is 4.29. The quantitative estimate of drug-likeness (QED) is 0.745. The van der Waals surface area contributed by atoms with Crippen LogP contribution in [0.4, 0.5) is 8.78 Å². The van der Waals surface area contributed by atoms with Crippen LogP contribution in [0.5, 0.6) is 5.75 Å². The number of rotatable bonds is 7. The Labute approximate surface area is 113 Å². The van der Waals surface area contributed by atoms with Gasteiger partial charge in [0.1, 0.15) is 5.75 Å². The van der Waals surface area contributed by atoms with E-state index in [0.717, 1.165) is 18.5 Å². The van der Waals surface area contributed by atoms with Gasteiger partial charge in [-0.3, -0.25) is 0 Å². The Bertz CT molecular complexity index is 414. The van der Waals surface area contributed by atoms with E-state index < -0.39 is 6.61 Å². The minimum Gasteiger partial charge on any atom is -0.435 e. The third-order valence-corrected chi connectivity index (χ3v) is 2.56. The maximum atomic E-state index is 12.2. The summed E-state index contributed by atoms with van der Waals surface area (Å²) in [4.78, 5) is 0. The van der Waals surface area contributed by atoms with Crippen molar-refractivity contribution in [2.24, 2.45) is 0 Å². The molecule has 1 unspecified atom stereocenters. The standard InChI is InChI=1S/C15H21F2NO/c1-4-8-18-14(9-11(2)3)12-6-5-7-13(10-12)19-15(16)17/h5-7,9-10,14-15,18H,4,8H2,1-3H3. The van der Waals surface area contributed by atoms with Crippen LogP contribution in [0.1, 0.15) is 38.8 Å². The summed E-state index contributed by atoms with van der Waals surface area (Å²) in [6.07, 6.45) is 3.09. The first-order valence-electron chi connectivity index (χ1n) is 6.46. The predicted molar refractivity (Wildman–Crippen MR) is 73.5 cm³/mol. The molecule has 0 aliphatic heterocycles. The summed E-state index contributed by atoms with van der Waals surface area (Å²) in [7, 11) is 0. The van der Waals surface area contributed by atoms with Crippen molar-refractivity contribution in [3.8, 4) is 5.75 Å². The van der Waals surface area contributed by atoms with Crippen LogP contribution >= 0.6 is 0 Å². The Hall–Kier alpha value is -1.42. The van der Waals surface area contributed by atoms with E-state index >= 15 is 0 Å². The third-order valence-electron chi connectivity index (χ3n) is 2.56. The van der Waals surface area contributed by atoms with Crippen LogP contribution in [0.25, 0.3) is 0 Å². The number of hydrogen-bond acceptors (Lipinski definition) is 2. The molecule has 0 bridgehead atoms. The van der Waals surface area contributed by atoms with E-state index in [1.807, 2.05) is 19.9 Å². The molecule has 0 spiro atoms. The monoisotopic (exact) mass is 269 g/mol. The molecular weight excluding hydrogens is 248 g/mol. The fourth-order valence-electron chi connectivity index (χ4n) is 1.79. The van der Waals surface area contributed by atoms with Crippen LogP contribution in [-0.2, 0) is 0 Å². The number of halogens is 2. The largest absolute Gasteiger partial charge is 0.435 e. The van der Waals surface area contributed by atoms with Gasteiger partial charge in [-0.1, -0.05) is 30.7 Å². The molecule has 2 nitrogen and oxygen atoms in total. The van der Waals surface area contributed by atoms with Crippen LogP contribution in [0.3, 0.4) is 0 Å². The molecule has 0 heterocycles. The summed E-state index contributed by atoms with van der Waals surface area (Å²) in [5, 5.41) is 3.38. The molecule has 1 rings (SSSR count). The summed E-state index contributed by atoms with van der Waals surface area (Å²) in [5.41, 5.74) is 2.10. The Kier molecular flexibility index (Phi) is 6.50. The normalized spacial score (nSPS) is 12.3. The van der Waals surface area contributed by atoms with Gasteiger partial charge in [-0.05, 0) is 44.5 Å². The van der Waals surface area contributed by atoms with Crippen molar-refractivity contribution < 1.29 is 13.5 Å². The first kappa shape index (κ1) is 15.6. The molecule has 1 aromatic rings. The molecule has 0 saturated heterocycles. The van der Waals surface area contributed by atoms with Crippen molar-refractivity contribution >= 4 is 0 Å². The molecule has 0 radical (unpaired) electrons. The topological polar surface area (TPSA) is 21.3 Å². The summed E-state index contributed by atoms with van der Waals surface area (Å²) >= 11 is 0. The minimum atomic E-state index is -2.79. The van der Waals surface area contributed by atoms with Gasteiger partial charge in [-0.2, -0.15) is 8.78 Å². The van der Waals surface area contributed by atoms with Gasteiger partial charge in [0.15, 0.2) is 0 Å². The van der Waals surface area contributed by atoms with Gasteiger partial charge >= 0.3 is 6.61 Å². The Balaban J connectivity index is 2.91. The average Bonchev–Trinajstić information content (AvgIpc) is 2.33. The van der Waals surface area contributed by atoms with Gasteiger partial charge in [0.25, 0.3) is 0 Å².